The minimum absolute atomic E-state index is 0.576. The van der Waals surface area contributed by atoms with Gasteiger partial charge in [-0.25, -0.2) is 0 Å². The third-order valence-electron chi connectivity index (χ3n) is 6.14. The van der Waals surface area contributed by atoms with E-state index in [0.717, 1.165) is 17.9 Å². The van der Waals surface area contributed by atoms with Gasteiger partial charge >= 0.3 is 0 Å². The van der Waals surface area contributed by atoms with Gasteiger partial charge < -0.3 is 5.32 Å². The van der Waals surface area contributed by atoms with Gasteiger partial charge in [0.2, 0.25) is 0 Å². The molecule has 3 rings (SSSR count). The minimum atomic E-state index is 0.576. The number of rotatable bonds is 3. The molecule has 2 bridgehead atoms. The molecule has 3 atom stereocenters. The van der Waals surface area contributed by atoms with Crippen molar-refractivity contribution < 1.29 is 0 Å². The lowest BCUT2D eigenvalue weighted by molar-refractivity contribution is 0.121. The zero-order valence-electron chi connectivity index (χ0n) is 10.5. The highest BCUT2D eigenvalue weighted by Crippen LogP contribution is 2.65. The predicted octanol–water partition coefficient (Wildman–Crippen LogP) is 3.20. The molecular weight excluding hydrogens is 182 g/mol. The Kier molecular flexibility index (Phi) is 2.03. The van der Waals surface area contributed by atoms with Crippen LogP contribution in [0.3, 0.4) is 0 Å². The van der Waals surface area contributed by atoms with Gasteiger partial charge in [0, 0.05) is 6.04 Å². The Balaban J connectivity index is 1.70. The van der Waals surface area contributed by atoms with Gasteiger partial charge in [0.1, 0.15) is 0 Å². The zero-order valence-corrected chi connectivity index (χ0v) is 10.5. The van der Waals surface area contributed by atoms with Crippen LogP contribution >= 0.6 is 0 Å². The van der Waals surface area contributed by atoms with Crippen LogP contribution in [0.2, 0.25) is 0 Å². The second-order valence-electron chi connectivity index (χ2n) is 7.01. The lowest BCUT2D eigenvalue weighted by atomic mass is 9.69. The van der Waals surface area contributed by atoms with Gasteiger partial charge in [-0.15, -0.1) is 0 Å². The van der Waals surface area contributed by atoms with E-state index in [1.54, 1.807) is 0 Å². The van der Waals surface area contributed by atoms with Crippen LogP contribution in [-0.4, -0.2) is 12.6 Å². The largest absolute Gasteiger partial charge is 0.313 e. The Bertz CT molecular complexity index is 267. The molecule has 86 valence electrons. The second kappa shape index (κ2) is 3.00. The molecule has 3 saturated carbocycles. The van der Waals surface area contributed by atoms with Crippen LogP contribution < -0.4 is 5.32 Å². The first kappa shape index (κ1) is 10.1. The Labute approximate surface area is 94.0 Å². The molecule has 0 saturated heterocycles. The van der Waals surface area contributed by atoms with Crippen molar-refractivity contribution in [2.75, 3.05) is 6.54 Å². The van der Waals surface area contributed by atoms with E-state index in [1.165, 1.54) is 38.6 Å². The van der Waals surface area contributed by atoms with Crippen LogP contribution in [0.15, 0.2) is 0 Å². The summed E-state index contributed by atoms with van der Waals surface area (Å²) < 4.78 is 0. The van der Waals surface area contributed by atoms with Crippen molar-refractivity contribution in [3.05, 3.63) is 0 Å². The number of fused-ring (bicyclic) bond motifs is 2. The molecule has 0 aliphatic heterocycles. The van der Waals surface area contributed by atoms with Crippen LogP contribution in [-0.2, 0) is 0 Å². The molecule has 2 unspecified atom stereocenters. The van der Waals surface area contributed by atoms with Crippen molar-refractivity contribution in [1.29, 1.82) is 0 Å². The molecule has 0 spiro atoms. The summed E-state index contributed by atoms with van der Waals surface area (Å²) in [6, 6.07) is 0.812. The number of nitrogens with one attached hydrogen (secondary N) is 1. The number of hydrogen-bond acceptors (Lipinski definition) is 1. The average Bonchev–Trinajstić information content (AvgIpc) is 2.93. The van der Waals surface area contributed by atoms with Crippen LogP contribution in [0, 0.1) is 22.7 Å². The highest BCUT2D eigenvalue weighted by Gasteiger charge is 2.61. The molecule has 0 radical (unpaired) electrons. The first-order chi connectivity index (χ1) is 7.04. The summed E-state index contributed by atoms with van der Waals surface area (Å²) in [6.45, 7) is 8.83. The molecular formula is C14H25N. The Morgan fingerprint density at radius 3 is 2.33 bits per heavy atom. The first-order valence-electron chi connectivity index (χ1n) is 6.77. The second-order valence-corrected chi connectivity index (χ2v) is 7.01. The van der Waals surface area contributed by atoms with E-state index in [2.05, 4.69) is 26.1 Å². The molecule has 3 aliphatic rings. The standard InChI is InChI=1S/C14H25N/c1-13(2)11-6-7-14(13,3)12(8-11)15-9-10-4-5-10/h10-12,15H,4-9H2,1-3H3/t11?,12?,14-/m0/s1. The Hall–Kier alpha value is -0.0400. The molecule has 0 amide bonds. The van der Waals surface area contributed by atoms with Gasteiger partial charge in [0.25, 0.3) is 0 Å². The fraction of sp³-hybridized carbons (Fsp3) is 1.00. The molecule has 15 heavy (non-hydrogen) atoms. The van der Waals surface area contributed by atoms with Gasteiger partial charge in [0.15, 0.2) is 0 Å². The van der Waals surface area contributed by atoms with Gasteiger partial charge in [-0.2, -0.15) is 0 Å². The Morgan fingerprint density at radius 1 is 1.13 bits per heavy atom. The summed E-state index contributed by atoms with van der Waals surface area (Å²) in [5, 5.41) is 3.87. The average molecular weight is 207 g/mol. The van der Waals surface area contributed by atoms with Gasteiger partial charge in [0.05, 0.1) is 0 Å². The van der Waals surface area contributed by atoms with E-state index in [4.69, 9.17) is 0 Å². The summed E-state index contributed by atoms with van der Waals surface area (Å²) in [6.07, 6.45) is 7.32. The normalized spacial score (nSPS) is 47.4. The SMILES string of the molecule is CC1(C)C2CC[C@@]1(C)C(NCC1CC1)C2. The van der Waals surface area contributed by atoms with E-state index in [9.17, 15) is 0 Å². The summed E-state index contributed by atoms with van der Waals surface area (Å²) in [5.74, 6) is 2.01. The van der Waals surface area contributed by atoms with E-state index in [-0.39, 0.29) is 0 Å². The zero-order chi connectivity index (χ0) is 10.7. The molecule has 1 N–H and O–H groups in total. The maximum atomic E-state index is 3.87. The fourth-order valence-corrected chi connectivity index (χ4v) is 4.14. The lowest BCUT2D eigenvalue weighted by Crippen LogP contribution is -2.45. The maximum Gasteiger partial charge on any atom is 0.0129 e. The molecule has 0 aromatic carbocycles. The first-order valence-corrected chi connectivity index (χ1v) is 6.77. The van der Waals surface area contributed by atoms with Crippen LogP contribution in [0.25, 0.3) is 0 Å². The van der Waals surface area contributed by atoms with Crippen molar-refractivity contribution in [3.8, 4) is 0 Å². The molecule has 3 aliphatic carbocycles. The molecule has 1 nitrogen and oxygen atoms in total. The quantitative estimate of drug-likeness (QED) is 0.749. The molecule has 0 heterocycles. The van der Waals surface area contributed by atoms with E-state index < -0.39 is 0 Å². The smallest absolute Gasteiger partial charge is 0.0129 e. The number of hydrogen-bond donors (Lipinski definition) is 1. The van der Waals surface area contributed by atoms with Gasteiger partial charge in [-0.3, -0.25) is 0 Å². The predicted molar refractivity (Wildman–Crippen MR) is 63.7 cm³/mol. The van der Waals surface area contributed by atoms with Crippen LogP contribution in [0.5, 0.6) is 0 Å². The van der Waals surface area contributed by atoms with Crippen molar-refractivity contribution in [2.45, 2.75) is 58.9 Å². The molecule has 0 aromatic heterocycles. The van der Waals surface area contributed by atoms with Crippen molar-refractivity contribution in [1.82, 2.24) is 5.32 Å². The van der Waals surface area contributed by atoms with Crippen molar-refractivity contribution in [2.24, 2.45) is 22.7 Å². The lowest BCUT2D eigenvalue weighted by Gasteiger charge is -2.39. The van der Waals surface area contributed by atoms with E-state index >= 15 is 0 Å². The summed E-state index contributed by atoms with van der Waals surface area (Å²) in [7, 11) is 0. The van der Waals surface area contributed by atoms with Crippen molar-refractivity contribution in [3.63, 3.8) is 0 Å². The minimum Gasteiger partial charge on any atom is -0.313 e. The maximum absolute atomic E-state index is 3.87. The van der Waals surface area contributed by atoms with Gasteiger partial charge in [-0.05, 0) is 61.3 Å². The summed E-state index contributed by atoms with van der Waals surface area (Å²) in [5.41, 5.74) is 1.15. The topological polar surface area (TPSA) is 12.0 Å². The molecule has 0 aromatic rings. The van der Waals surface area contributed by atoms with Crippen molar-refractivity contribution >= 4 is 0 Å². The highest BCUT2D eigenvalue weighted by molar-refractivity contribution is 5.13. The summed E-state index contributed by atoms with van der Waals surface area (Å²) in [4.78, 5) is 0. The monoisotopic (exact) mass is 207 g/mol. The molecule has 3 fully saturated rings. The third-order valence-corrected chi connectivity index (χ3v) is 6.14. The van der Waals surface area contributed by atoms with Crippen LogP contribution in [0.4, 0.5) is 0 Å². The Morgan fingerprint density at radius 2 is 1.87 bits per heavy atom. The van der Waals surface area contributed by atoms with E-state index in [0.29, 0.717) is 10.8 Å². The van der Waals surface area contributed by atoms with Crippen LogP contribution in [0.1, 0.15) is 52.9 Å². The van der Waals surface area contributed by atoms with E-state index in [1.807, 2.05) is 0 Å². The third kappa shape index (κ3) is 1.32. The summed E-state index contributed by atoms with van der Waals surface area (Å²) >= 11 is 0. The molecule has 1 heteroatoms. The van der Waals surface area contributed by atoms with Gasteiger partial charge in [-0.1, -0.05) is 20.8 Å². The fourth-order valence-electron chi connectivity index (χ4n) is 4.14. The highest BCUT2D eigenvalue weighted by atomic mass is 15.0.